The highest BCUT2D eigenvalue weighted by molar-refractivity contribution is 7.80. The molecule has 0 saturated heterocycles. The SMILES string of the molecule is CN(Cc1nccn1C)C(=O)C(=O)NCC(N)=S. The van der Waals surface area contributed by atoms with Crippen molar-refractivity contribution in [3.8, 4) is 0 Å². The molecule has 0 aliphatic rings. The van der Waals surface area contributed by atoms with Crippen LogP contribution in [0.15, 0.2) is 12.4 Å². The Hall–Kier alpha value is -1.96. The highest BCUT2D eigenvalue weighted by atomic mass is 32.1. The Morgan fingerprint density at radius 2 is 2.28 bits per heavy atom. The van der Waals surface area contributed by atoms with Crippen LogP contribution in [0, 0.1) is 0 Å². The van der Waals surface area contributed by atoms with Crippen LogP contribution in [0.4, 0.5) is 0 Å². The lowest BCUT2D eigenvalue weighted by atomic mass is 10.4. The third-order valence-electron chi connectivity index (χ3n) is 2.26. The first-order valence-electron chi connectivity index (χ1n) is 5.19. The number of rotatable bonds is 4. The van der Waals surface area contributed by atoms with E-state index in [4.69, 9.17) is 5.73 Å². The molecular weight excluding hydrogens is 254 g/mol. The minimum absolute atomic E-state index is 0.0101. The van der Waals surface area contributed by atoms with Crippen molar-refractivity contribution in [2.45, 2.75) is 6.54 Å². The lowest BCUT2D eigenvalue weighted by Crippen LogP contribution is -2.43. The van der Waals surface area contributed by atoms with Crippen molar-refractivity contribution in [3.05, 3.63) is 18.2 Å². The van der Waals surface area contributed by atoms with E-state index in [1.165, 1.54) is 11.9 Å². The number of likely N-dealkylation sites (N-methyl/N-ethyl adjacent to an activating group) is 1. The van der Waals surface area contributed by atoms with Crippen molar-refractivity contribution in [2.24, 2.45) is 12.8 Å². The molecule has 0 aliphatic heterocycles. The summed E-state index contributed by atoms with van der Waals surface area (Å²) in [6, 6.07) is 0. The largest absolute Gasteiger partial charge is 0.392 e. The molecule has 18 heavy (non-hydrogen) atoms. The van der Waals surface area contributed by atoms with Crippen LogP contribution in [0.2, 0.25) is 0 Å². The molecule has 1 aromatic rings. The lowest BCUT2D eigenvalue weighted by molar-refractivity contribution is -0.145. The third-order valence-corrected chi connectivity index (χ3v) is 2.41. The van der Waals surface area contributed by atoms with E-state index in [0.717, 1.165) is 0 Å². The van der Waals surface area contributed by atoms with Crippen molar-refractivity contribution >= 4 is 29.0 Å². The second-order valence-corrected chi connectivity index (χ2v) is 4.29. The van der Waals surface area contributed by atoms with Gasteiger partial charge in [0, 0.05) is 26.5 Å². The first-order valence-corrected chi connectivity index (χ1v) is 5.60. The Kier molecular flexibility index (Phi) is 4.78. The summed E-state index contributed by atoms with van der Waals surface area (Å²) in [7, 11) is 3.34. The number of nitrogens with one attached hydrogen (secondary N) is 1. The third kappa shape index (κ3) is 3.81. The summed E-state index contributed by atoms with van der Waals surface area (Å²) in [6.07, 6.45) is 3.39. The number of hydrogen-bond acceptors (Lipinski definition) is 4. The Morgan fingerprint density at radius 1 is 1.61 bits per heavy atom. The Balaban J connectivity index is 2.53. The van der Waals surface area contributed by atoms with Gasteiger partial charge in [0.05, 0.1) is 18.1 Å². The van der Waals surface area contributed by atoms with Crippen LogP contribution in [0.3, 0.4) is 0 Å². The van der Waals surface area contributed by atoms with E-state index >= 15 is 0 Å². The number of aryl methyl sites for hydroxylation is 1. The van der Waals surface area contributed by atoms with E-state index in [0.29, 0.717) is 5.82 Å². The maximum absolute atomic E-state index is 11.7. The first kappa shape index (κ1) is 14.1. The number of imidazole rings is 1. The molecule has 0 saturated carbocycles. The van der Waals surface area contributed by atoms with Crippen molar-refractivity contribution in [3.63, 3.8) is 0 Å². The quantitative estimate of drug-likeness (QED) is 0.528. The van der Waals surface area contributed by atoms with Gasteiger partial charge in [-0.1, -0.05) is 12.2 Å². The molecular formula is C10H15N5O2S. The highest BCUT2D eigenvalue weighted by Crippen LogP contribution is 1.99. The van der Waals surface area contributed by atoms with E-state index in [2.05, 4.69) is 22.5 Å². The summed E-state index contributed by atoms with van der Waals surface area (Å²) < 4.78 is 1.77. The second kappa shape index (κ2) is 6.10. The fourth-order valence-electron chi connectivity index (χ4n) is 1.25. The van der Waals surface area contributed by atoms with Crippen molar-refractivity contribution < 1.29 is 9.59 Å². The van der Waals surface area contributed by atoms with Gasteiger partial charge < -0.3 is 20.5 Å². The molecule has 0 aromatic carbocycles. The molecule has 0 unspecified atom stereocenters. The molecule has 7 nitrogen and oxygen atoms in total. The molecule has 0 aliphatic carbocycles. The predicted molar refractivity (Wildman–Crippen MR) is 69.5 cm³/mol. The van der Waals surface area contributed by atoms with Crippen LogP contribution in [-0.2, 0) is 23.2 Å². The molecule has 1 heterocycles. The zero-order chi connectivity index (χ0) is 13.7. The van der Waals surface area contributed by atoms with Gasteiger partial charge in [0.25, 0.3) is 0 Å². The Morgan fingerprint density at radius 3 is 2.78 bits per heavy atom. The Labute approximate surface area is 110 Å². The van der Waals surface area contributed by atoms with Crippen molar-refractivity contribution in [1.29, 1.82) is 0 Å². The van der Waals surface area contributed by atoms with Crippen LogP contribution in [-0.4, -0.2) is 44.8 Å². The molecule has 0 bridgehead atoms. The van der Waals surface area contributed by atoms with Crippen LogP contribution in [0.25, 0.3) is 0 Å². The van der Waals surface area contributed by atoms with E-state index in [9.17, 15) is 9.59 Å². The molecule has 3 N–H and O–H groups in total. The van der Waals surface area contributed by atoms with Gasteiger partial charge in [-0.25, -0.2) is 4.98 Å². The number of hydrogen-bond donors (Lipinski definition) is 2. The maximum Gasteiger partial charge on any atom is 0.312 e. The van der Waals surface area contributed by atoms with E-state index in [1.807, 2.05) is 7.05 Å². The molecule has 1 rings (SSSR count). The van der Waals surface area contributed by atoms with E-state index < -0.39 is 11.8 Å². The minimum Gasteiger partial charge on any atom is -0.392 e. The van der Waals surface area contributed by atoms with Gasteiger partial charge in [-0.3, -0.25) is 9.59 Å². The molecule has 1 aromatic heterocycles. The maximum atomic E-state index is 11.7. The van der Waals surface area contributed by atoms with Gasteiger partial charge in [-0.15, -0.1) is 0 Å². The van der Waals surface area contributed by atoms with Crippen molar-refractivity contribution in [1.82, 2.24) is 19.8 Å². The molecule has 0 atom stereocenters. The fourth-order valence-corrected chi connectivity index (χ4v) is 1.32. The highest BCUT2D eigenvalue weighted by Gasteiger charge is 2.19. The molecule has 8 heteroatoms. The van der Waals surface area contributed by atoms with Crippen LogP contribution >= 0.6 is 12.2 Å². The number of aromatic nitrogens is 2. The monoisotopic (exact) mass is 269 g/mol. The fraction of sp³-hybridized carbons (Fsp3) is 0.400. The second-order valence-electron chi connectivity index (χ2n) is 3.76. The first-order chi connectivity index (χ1) is 8.41. The normalized spacial score (nSPS) is 9.89. The Bertz CT molecular complexity index is 471. The molecule has 0 fully saturated rings. The summed E-state index contributed by atoms with van der Waals surface area (Å²) in [5, 5.41) is 2.33. The molecule has 2 amide bonds. The number of nitrogens with two attached hydrogens (primary N) is 1. The summed E-state index contributed by atoms with van der Waals surface area (Å²) in [4.78, 5) is 28.6. The molecule has 98 valence electrons. The van der Waals surface area contributed by atoms with Crippen LogP contribution in [0.5, 0.6) is 0 Å². The topological polar surface area (TPSA) is 93.2 Å². The van der Waals surface area contributed by atoms with Gasteiger partial charge in [-0.05, 0) is 0 Å². The number of carbonyl (C=O) groups excluding carboxylic acids is 2. The summed E-state index contributed by atoms with van der Waals surface area (Å²) in [6.45, 7) is 0.263. The smallest absolute Gasteiger partial charge is 0.312 e. The number of thiocarbonyl (C=S) groups is 1. The average molecular weight is 269 g/mol. The van der Waals surface area contributed by atoms with Gasteiger partial charge in [0.1, 0.15) is 5.82 Å². The number of carbonyl (C=O) groups is 2. The molecule has 0 radical (unpaired) electrons. The van der Waals surface area contributed by atoms with E-state index in [-0.39, 0.29) is 18.1 Å². The van der Waals surface area contributed by atoms with Gasteiger partial charge >= 0.3 is 11.8 Å². The number of amides is 2. The summed E-state index contributed by atoms with van der Waals surface area (Å²) in [5.41, 5.74) is 5.23. The van der Waals surface area contributed by atoms with Gasteiger partial charge in [0.15, 0.2) is 0 Å². The summed E-state index contributed by atoms with van der Waals surface area (Å²) >= 11 is 4.60. The average Bonchev–Trinajstić information content (AvgIpc) is 2.70. The zero-order valence-electron chi connectivity index (χ0n) is 10.2. The summed E-state index contributed by atoms with van der Waals surface area (Å²) in [5.74, 6) is -0.707. The van der Waals surface area contributed by atoms with Crippen molar-refractivity contribution in [2.75, 3.05) is 13.6 Å². The van der Waals surface area contributed by atoms with Gasteiger partial charge in [-0.2, -0.15) is 0 Å². The minimum atomic E-state index is -0.737. The zero-order valence-corrected chi connectivity index (χ0v) is 11.0. The predicted octanol–water partition coefficient (Wildman–Crippen LogP) is -1.22. The van der Waals surface area contributed by atoms with Crippen LogP contribution < -0.4 is 11.1 Å². The lowest BCUT2D eigenvalue weighted by Gasteiger charge is -2.16. The molecule has 0 spiro atoms. The van der Waals surface area contributed by atoms with E-state index in [1.54, 1.807) is 17.0 Å². The van der Waals surface area contributed by atoms with Crippen LogP contribution in [0.1, 0.15) is 5.82 Å². The van der Waals surface area contributed by atoms with Gasteiger partial charge in [0.2, 0.25) is 0 Å². The number of nitrogens with zero attached hydrogens (tertiary/aromatic N) is 3. The standard InChI is InChI=1S/C10H15N5O2S/c1-14-4-3-12-8(14)6-15(2)10(17)9(16)13-5-7(11)18/h3-4H,5-6H2,1-2H3,(H2,11,18)(H,13,16).